The number of sulfonamides is 1. The molecule has 1 fully saturated rings. The van der Waals surface area contributed by atoms with Crippen molar-refractivity contribution in [1.29, 1.82) is 0 Å². The van der Waals surface area contributed by atoms with E-state index in [9.17, 15) is 13.2 Å². The van der Waals surface area contributed by atoms with Gasteiger partial charge in [0.05, 0.1) is 6.20 Å². The predicted molar refractivity (Wildman–Crippen MR) is 57.9 cm³/mol. The molecule has 8 heteroatoms. The zero-order valence-electron chi connectivity index (χ0n) is 9.11. The summed E-state index contributed by atoms with van der Waals surface area (Å²) in [5.41, 5.74) is 0. The van der Waals surface area contributed by atoms with Gasteiger partial charge in [0.1, 0.15) is 11.4 Å². The second kappa shape index (κ2) is 4.46. The fraction of sp³-hybridized carbons (Fsp3) is 0.556. The Morgan fingerprint density at radius 1 is 1.41 bits per heavy atom. The van der Waals surface area contributed by atoms with E-state index in [1.54, 1.807) is 0 Å². The van der Waals surface area contributed by atoms with Crippen molar-refractivity contribution >= 4 is 16.0 Å². The largest absolute Gasteiger partial charge is 0.480 e. The van der Waals surface area contributed by atoms with Gasteiger partial charge in [0, 0.05) is 19.3 Å². The first-order valence-electron chi connectivity index (χ1n) is 5.24. The van der Waals surface area contributed by atoms with Crippen molar-refractivity contribution < 1.29 is 18.3 Å². The van der Waals surface area contributed by atoms with E-state index in [1.165, 1.54) is 16.7 Å². The summed E-state index contributed by atoms with van der Waals surface area (Å²) in [6, 6.07) is 0. The van der Waals surface area contributed by atoms with Gasteiger partial charge in [0.2, 0.25) is 10.0 Å². The molecule has 0 bridgehead atoms. The minimum absolute atomic E-state index is 0.0562. The molecule has 1 saturated heterocycles. The van der Waals surface area contributed by atoms with Gasteiger partial charge in [0.25, 0.3) is 0 Å². The normalized spacial score (nSPS) is 17.4. The Hall–Kier alpha value is -1.41. The second-order valence-electron chi connectivity index (χ2n) is 3.88. The highest BCUT2D eigenvalue weighted by molar-refractivity contribution is 7.89. The predicted octanol–water partition coefficient (Wildman–Crippen LogP) is -0.248. The van der Waals surface area contributed by atoms with Crippen LogP contribution in [0.4, 0.5) is 0 Å². The molecule has 0 atom stereocenters. The molecule has 1 aliphatic rings. The van der Waals surface area contributed by atoms with Crippen LogP contribution in [0.5, 0.6) is 0 Å². The van der Waals surface area contributed by atoms with E-state index >= 15 is 0 Å². The standard InChI is InChI=1S/C9H13N3O4S/c13-9(14)7-11-6-8(5-10-11)17(15,16)12-3-1-2-4-12/h5-6H,1-4,7H2,(H,13,14). The van der Waals surface area contributed by atoms with Crippen LogP contribution >= 0.6 is 0 Å². The first kappa shape index (κ1) is 12.1. The Kier molecular flexibility index (Phi) is 3.16. The number of carboxylic acid groups (broad SMARTS) is 1. The van der Waals surface area contributed by atoms with E-state index in [-0.39, 0.29) is 11.4 Å². The number of nitrogens with zero attached hydrogens (tertiary/aromatic N) is 3. The van der Waals surface area contributed by atoms with Crippen molar-refractivity contribution in [2.75, 3.05) is 13.1 Å². The van der Waals surface area contributed by atoms with Gasteiger partial charge >= 0.3 is 5.97 Å². The topological polar surface area (TPSA) is 92.5 Å². The van der Waals surface area contributed by atoms with Crippen LogP contribution < -0.4 is 0 Å². The molecule has 1 N–H and O–H groups in total. The number of aromatic nitrogens is 2. The summed E-state index contributed by atoms with van der Waals surface area (Å²) in [5.74, 6) is -1.06. The van der Waals surface area contributed by atoms with Gasteiger partial charge in [0.15, 0.2) is 0 Å². The number of carboxylic acids is 1. The van der Waals surface area contributed by atoms with Crippen molar-refractivity contribution in [3.05, 3.63) is 12.4 Å². The third-order valence-corrected chi connectivity index (χ3v) is 4.46. The van der Waals surface area contributed by atoms with Crippen LogP contribution in [0.25, 0.3) is 0 Å². The minimum atomic E-state index is -3.50. The molecule has 1 aromatic rings. The number of carbonyl (C=O) groups is 1. The van der Waals surface area contributed by atoms with Crippen molar-refractivity contribution in [1.82, 2.24) is 14.1 Å². The van der Waals surface area contributed by atoms with Crippen molar-refractivity contribution in [2.45, 2.75) is 24.3 Å². The lowest BCUT2D eigenvalue weighted by atomic mass is 10.4. The lowest BCUT2D eigenvalue weighted by Gasteiger charge is -2.13. The van der Waals surface area contributed by atoms with E-state index < -0.39 is 16.0 Å². The Morgan fingerprint density at radius 3 is 2.65 bits per heavy atom. The van der Waals surface area contributed by atoms with Crippen LogP contribution in [0.2, 0.25) is 0 Å². The molecule has 7 nitrogen and oxygen atoms in total. The maximum atomic E-state index is 12.1. The highest BCUT2D eigenvalue weighted by Gasteiger charge is 2.28. The number of hydrogen-bond donors (Lipinski definition) is 1. The molecule has 1 aliphatic heterocycles. The van der Waals surface area contributed by atoms with Gasteiger partial charge in [-0.25, -0.2) is 8.42 Å². The van der Waals surface area contributed by atoms with Crippen molar-refractivity contribution in [2.24, 2.45) is 0 Å². The molecule has 94 valence electrons. The summed E-state index contributed by atoms with van der Waals surface area (Å²) in [7, 11) is -3.50. The van der Waals surface area contributed by atoms with Crippen molar-refractivity contribution in [3.8, 4) is 0 Å². The summed E-state index contributed by atoms with van der Waals surface area (Å²) in [6.07, 6.45) is 4.17. The van der Waals surface area contributed by atoms with E-state index in [0.29, 0.717) is 13.1 Å². The summed E-state index contributed by atoms with van der Waals surface area (Å²) in [6.45, 7) is 0.703. The molecule has 1 aromatic heterocycles. The van der Waals surface area contributed by atoms with Crippen LogP contribution in [-0.4, -0.2) is 46.7 Å². The third-order valence-electron chi connectivity index (χ3n) is 2.61. The average Bonchev–Trinajstić information content (AvgIpc) is 2.85. The third kappa shape index (κ3) is 2.47. The zero-order valence-corrected chi connectivity index (χ0v) is 9.93. The van der Waals surface area contributed by atoms with Gasteiger partial charge < -0.3 is 5.11 Å². The highest BCUT2D eigenvalue weighted by Crippen LogP contribution is 2.19. The lowest BCUT2D eigenvalue weighted by molar-refractivity contribution is -0.137. The molecule has 2 heterocycles. The van der Waals surface area contributed by atoms with Gasteiger partial charge in [-0.1, -0.05) is 0 Å². The van der Waals surface area contributed by atoms with Crippen molar-refractivity contribution in [3.63, 3.8) is 0 Å². The van der Waals surface area contributed by atoms with Crippen LogP contribution in [-0.2, 0) is 21.4 Å². The second-order valence-corrected chi connectivity index (χ2v) is 5.82. The van der Waals surface area contributed by atoms with Gasteiger partial charge in [-0.2, -0.15) is 9.40 Å². The fourth-order valence-electron chi connectivity index (χ4n) is 1.78. The van der Waals surface area contributed by atoms with Crippen LogP contribution in [0.15, 0.2) is 17.3 Å². The molecule has 2 rings (SSSR count). The van der Waals surface area contributed by atoms with Gasteiger partial charge in [-0.3, -0.25) is 9.48 Å². The molecule has 0 radical (unpaired) electrons. The summed E-state index contributed by atoms with van der Waals surface area (Å²) < 4.78 is 26.6. The first-order chi connectivity index (χ1) is 8.00. The zero-order chi connectivity index (χ0) is 12.5. The summed E-state index contributed by atoms with van der Waals surface area (Å²) >= 11 is 0. The fourth-order valence-corrected chi connectivity index (χ4v) is 3.25. The van der Waals surface area contributed by atoms with E-state index in [2.05, 4.69) is 5.10 Å². The van der Waals surface area contributed by atoms with Crippen LogP contribution in [0.1, 0.15) is 12.8 Å². The minimum Gasteiger partial charge on any atom is -0.480 e. The molecule has 0 spiro atoms. The van der Waals surface area contributed by atoms with E-state index in [1.807, 2.05) is 0 Å². The van der Waals surface area contributed by atoms with E-state index in [4.69, 9.17) is 5.11 Å². The van der Waals surface area contributed by atoms with Gasteiger partial charge in [-0.15, -0.1) is 0 Å². The number of rotatable bonds is 4. The molecule has 0 unspecified atom stereocenters. The Balaban J connectivity index is 2.21. The van der Waals surface area contributed by atoms with Crippen LogP contribution in [0, 0.1) is 0 Å². The summed E-state index contributed by atoms with van der Waals surface area (Å²) in [5, 5.41) is 12.3. The first-order valence-corrected chi connectivity index (χ1v) is 6.68. The number of aliphatic carboxylic acids is 1. The Bertz CT molecular complexity index is 516. The molecular formula is C9H13N3O4S. The molecule has 0 aromatic carbocycles. The maximum absolute atomic E-state index is 12.1. The maximum Gasteiger partial charge on any atom is 0.325 e. The Labute approximate surface area is 98.7 Å². The Morgan fingerprint density at radius 2 is 2.06 bits per heavy atom. The van der Waals surface area contributed by atoms with Gasteiger partial charge in [-0.05, 0) is 12.8 Å². The number of hydrogen-bond acceptors (Lipinski definition) is 4. The molecule has 17 heavy (non-hydrogen) atoms. The SMILES string of the molecule is O=C(O)Cn1cc(S(=O)(=O)N2CCCC2)cn1. The lowest BCUT2D eigenvalue weighted by Crippen LogP contribution is -2.27. The monoisotopic (exact) mass is 259 g/mol. The molecular weight excluding hydrogens is 246 g/mol. The smallest absolute Gasteiger partial charge is 0.325 e. The molecule has 0 aliphatic carbocycles. The molecule has 0 amide bonds. The summed E-state index contributed by atoms with van der Waals surface area (Å²) in [4.78, 5) is 10.5. The van der Waals surface area contributed by atoms with E-state index in [0.717, 1.165) is 17.5 Å². The highest BCUT2D eigenvalue weighted by atomic mass is 32.2. The molecule has 0 saturated carbocycles. The quantitative estimate of drug-likeness (QED) is 0.805. The van der Waals surface area contributed by atoms with Crippen LogP contribution in [0.3, 0.4) is 0 Å². The average molecular weight is 259 g/mol.